The molecule has 1 fully saturated rings. The molecule has 0 spiro atoms. The number of unbranched alkanes of at least 4 members (excludes halogenated alkanes) is 4. The number of aryl methyl sites for hydroxylation is 1. The molecule has 0 amide bonds. The van der Waals surface area contributed by atoms with E-state index in [9.17, 15) is 0 Å². The largest absolute Gasteiger partial charge is 0.381 e. The Balaban J connectivity index is 1.28. The summed E-state index contributed by atoms with van der Waals surface area (Å²) in [6.07, 6.45) is 11.9. The highest BCUT2D eigenvalue weighted by atomic mass is 16.7. The van der Waals surface area contributed by atoms with E-state index in [2.05, 4.69) is 30.3 Å². The van der Waals surface area contributed by atoms with Crippen molar-refractivity contribution in [3.63, 3.8) is 0 Å². The smallest absolute Gasteiger partial charge is 0.157 e. The quantitative estimate of drug-likeness (QED) is 0.468. The van der Waals surface area contributed by atoms with Gasteiger partial charge in [-0.2, -0.15) is 0 Å². The first kappa shape index (κ1) is 19.4. The molecule has 1 aromatic carbocycles. The van der Waals surface area contributed by atoms with Crippen molar-refractivity contribution < 1.29 is 14.2 Å². The Morgan fingerprint density at radius 3 is 2.38 bits per heavy atom. The van der Waals surface area contributed by atoms with E-state index in [-0.39, 0.29) is 6.29 Å². The lowest BCUT2D eigenvalue weighted by Crippen LogP contribution is -2.22. The molecule has 3 heteroatoms. The average Bonchev–Trinajstić information content (AvgIpc) is 2.64. The molecule has 1 heterocycles. The Bertz CT molecular complexity index is 387. The van der Waals surface area contributed by atoms with Gasteiger partial charge < -0.3 is 14.2 Å². The van der Waals surface area contributed by atoms with E-state index in [1.165, 1.54) is 50.5 Å². The summed E-state index contributed by atoms with van der Waals surface area (Å²) in [7, 11) is 0. The van der Waals surface area contributed by atoms with E-state index in [4.69, 9.17) is 14.2 Å². The van der Waals surface area contributed by atoms with E-state index in [0.717, 1.165) is 45.7 Å². The Kier molecular flexibility index (Phi) is 10.8. The number of hydrogen-bond donors (Lipinski definition) is 0. The first-order chi connectivity index (χ1) is 11.9. The molecule has 1 atom stereocenters. The van der Waals surface area contributed by atoms with Crippen LogP contribution in [0.1, 0.15) is 63.4 Å². The van der Waals surface area contributed by atoms with Crippen LogP contribution in [0.3, 0.4) is 0 Å². The molecule has 0 aromatic heterocycles. The lowest BCUT2D eigenvalue weighted by atomic mass is 10.1. The maximum absolute atomic E-state index is 5.71. The fourth-order valence-corrected chi connectivity index (χ4v) is 3.00. The molecular weight excluding hydrogens is 300 g/mol. The summed E-state index contributed by atoms with van der Waals surface area (Å²) >= 11 is 0. The minimum atomic E-state index is 0.0514. The Hall–Kier alpha value is -0.900. The van der Waals surface area contributed by atoms with Crippen molar-refractivity contribution in [3.8, 4) is 0 Å². The van der Waals surface area contributed by atoms with Gasteiger partial charge in [-0.3, -0.25) is 0 Å². The Morgan fingerprint density at radius 1 is 0.833 bits per heavy atom. The normalized spacial score (nSPS) is 17.9. The van der Waals surface area contributed by atoms with Crippen molar-refractivity contribution in [2.75, 3.05) is 26.4 Å². The second kappa shape index (κ2) is 13.4. The summed E-state index contributed by atoms with van der Waals surface area (Å²) in [5.74, 6) is 0. The van der Waals surface area contributed by atoms with Crippen LogP contribution >= 0.6 is 0 Å². The van der Waals surface area contributed by atoms with E-state index in [1.54, 1.807) is 0 Å². The molecule has 136 valence electrons. The fraction of sp³-hybridized carbons (Fsp3) is 0.714. The van der Waals surface area contributed by atoms with Gasteiger partial charge >= 0.3 is 0 Å². The monoisotopic (exact) mass is 334 g/mol. The third kappa shape index (κ3) is 9.41. The molecular formula is C21H34O3. The number of ether oxygens (including phenoxy) is 3. The van der Waals surface area contributed by atoms with Crippen molar-refractivity contribution in [3.05, 3.63) is 35.9 Å². The van der Waals surface area contributed by atoms with Crippen LogP contribution < -0.4 is 0 Å². The highest BCUT2D eigenvalue weighted by Crippen LogP contribution is 2.14. The standard InChI is InChI=1S/C21H34O3/c1(4-12-20-13-5-3-6-14-20)2-8-16-22-17-10-11-19-24-21-15-7-9-18-23-21/h3,5-6,13-14,21H,1-2,4,7-12,15-19H2. The van der Waals surface area contributed by atoms with E-state index < -0.39 is 0 Å². The van der Waals surface area contributed by atoms with E-state index in [0.29, 0.717) is 0 Å². The van der Waals surface area contributed by atoms with Gasteiger partial charge in [0.25, 0.3) is 0 Å². The van der Waals surface area contributed by atoms with Crippen LogP contribution in [0.25, 0.3) is 0 Å². The zero-order chi connectivity index (χ0) is 16.7. The molecule has 1 aliphatic heterocycles. The minimum Gasteiger partial charge on any atom is -0.381 e. The zero-order valence-corrected chi connectivity index (χ0v) is 15.1. The third-order valence-electron chi connectivity index (χ3n) is 4.47. The molecule has 1 saturated heterocycles. The summed E-state index contributed by atoms with van der Waals surface area (Å²) in [6.45, 7) is 3.42. The number of rotatable bonds is 13. The van der Waals surface area contributed by atoms with Gasteiger partial charge in [-0.15, -0.1) is 0 Å². The van der Waals surface area contributed by atoms with Gasteiger partial charge in [-0.25, -0.2) is 0 Å². The molecule has 1 aromatic rings. The van der Waals surface area contributed by atoms with Crippen molar-refractivity contribution in [1.82, 2.24) is 0 Å². The lowest BCUT2D eigenvalue weighted by molar-refractivity contribution is -0.163. The molecule has 0 bridgehead atoms. The highest BCUT2D eigenvalue weighted by molar-refractivity contribution is 5.14. The van der Waals surface area contributed by atoms with Crippen molar-refractivity contribution in [2.45, 2.75) is 70.5 Å². The van der Waals surface area contributed by atoms with Crippen LogP contribution in [0, 0.1) is 0 Å². The SMILES string of the molecule is c1ccc(CCCCCCOCCCCOC2CCCCO2)cc1. The maximum atomic E-state index is 5.71. The first-order valence-corrected chi connectivity index (χ1v) is 9.80. The zero-order valence-electron chi connectivity index (χ0n) is 15.1. The van der Waals surface area contributed by atoms with Crippen molar-refractivity contribution in [2.24, 2.45) is 0 Å². The van der Waals surface area contributed by atoms with Crippen molar-refractivity contribution >= 4 is 0 Å². The third-order valence-corrected chi connectivity index (χ3v) is 4.47. The van der Waals surface area contributed by atoms with Crippen molar-refractivity contribution in [1.29, 1.82) is 0 Å². The maximum Gasteiger partial charge on any atom is 0.157 e. The van der Waals surface area contributed by atoms with Crippen LogP contribution in [-0.4, -0.2) is 32.7 Å². The lowest BCUT2D eigenvalue weighted by Gasteiger charge is -2.22. The molecule has 0 radical (unpaired) electrons. The second-order valence-electron chi connectivity index (χ2n) is 6.64. The molecule has 0 aliphatic carbocycles. The number of hydrogen-bond acceptors (Lipinski definition) is 3. The topological polar surface area (TPSA) is 27.7 Å². The fourth-order valence-electron chi connectivity index (χ4n) is 3.00. The minimum absolute atomic E-state index is 0.0514. The summed E-state index contributed by atoms with van der Waals surface area (Å²) < 4.78 is 17.0. The molecule has 1 unspecified atom stereocenters. The van der Waals surface area contributed by atoms with Gasteiger partial charge in [0.05, 0.1) is 0 Å². The predicted molar refractivity (Wildman–Crippen MR) is 98.2 cm³/mol. The molecule has 2 rings (SSSR count). The van der Waals surface area contributed by atoms with Crippen LogP contribution in [0.5, 0.6) is 0 Å². The molecule has 1 aliphatic rings. The second-order valence-corrected chi connectivity index (χ2v) is 6.64. The Labute approximate surface area is 147 Å². The van der Waals surface area contributed by atoms with Gasteiger partial charge in [0.2, 0.25) is 0 Å². The molecule has 0 saturated carbocycles. The van der Waals surface area contributed by atoms with E-state index >= 15 is 0 Å². The predicted octanol–water partition coefficient (Wildman–Crippen LogP) is 5.13. The van der Waals surface area contributed by atoms with Gasteiger partial charge in [-0.1, -0.05) is 43.2 Å². The highest BCUT2D eigenvalue weighted by Gasteiger charge is 2.13. The first-order valence-electron chi connectivity index (χ1n) is 9.80. The van der Waals surface area contributed by atoms with Crippen LogP contribution in [0.15, 0.2) is 30.3 Å². The molecule has 24 heavy (non-hydrogen) atoms. The van der Waals surface area contributed by atoms with Gasteiger partial charge in [0, 0.05) is 26.4 Å². The Morgan fingerprint density at radius 2 is 1.58 bits per heavy atom. The van der Waals surface area contributed by atoms with E-state index in [1.807, 2.05) is 0 Å². The number of benzene rings is 1. The van der Waals surface area contributed by atoms with Crippen LogP contribution in [-0.2, 0) is 20.6 Å². The summed E-state index contributed by atoms with van der Waals surface area (Å²) in [6, 6.07) is 10.8. The molecule has 0 N–H and O–H groups in total. The van der Waals surface area contributed by atoms with Crippen LogP contribution in [0.4, 0.5) is 0 Å². The van der Waals surface area contributed by atoms with Gasteiger partial charge in [-0.05, 0) is 56.9 Å². The average molecular weight is 335 g/mol. The summed E-state index contributed by atoms with van der Waals surface area (Å²) in [5.41, 5.74) is 1.45. The summed E-state index contributed by atoms with van der Waals surface area (Å²) in [4.78, 5) is 0. The summed E-state index contributed by atoms with van der Waals surface area (Å²) in [5, 5.41) is 0. The molecule has 3 nitrogen and oxygen atoms in total. The van der Waals surface area contributed by atoms with Gasteiger partial charge in [0.15, 0.2) is 6.29 Å². The van der Waals surface area contributed by atoms with Crippen LogP contribution in [0.2, 0.25) is 0 Å². The van der Waals surface area contributed by atoms with Gasteiger partial charge in [0.1, 0.15) is 0 Å².